The lowest BCUT2D eigenvalue weighted by molar-refractivity contribution is 0.101. The highest BCUT2D eigenvalue weighted by molar-refractivity contribution is 6.08. The molecule has 37 heavy (non-hydrogen) atoms. The summed E-state index contributed by atoms with van der Waals surface area (Å²) in [6.07, 6.45) is 5.46. The molecule has 2 aromatic heterocycles. The monoisotopic (exact) mass is 502 g/mol. The number of hydrogen-bond donors (Lipinski definition) is 4. The van der Waals surface area contributed by atoms with Crippen LogP contribution >= 0.6 is 0 Å². The predicted octanol–water partition coefficient (Wildman–Crippen LogP) is 4.76. The van der Waals surface area contributed by atoms with Crippen LogP contribution in [0.1, 0.15) is 65.6 Å². The number of hydrogen-bond acceptors (Lipinski definition) is 7. The number of nitrogens with one attached hydrogen (secondary N) is 3. The number of ether oxygens (including phenoxy) is 1. The zero-order valence-corrected chi connectivity index (χ0v) is 21.7. The molecule has 194 valence electrons. The summed E-state index contributed by atoms with van der Waals surface area (Å²) in [6.45, 7) is 9.43. The van der Waals surface area contributed by atoms with Gasteiger partial charge >= 0.3 is 0 Å². The van der Waals surface area contributed by atoms with Crippen molar-refractivity contribution in [3.63, 3.8) is 0 Å². The molecule has 0 bridgehead atoms. The molecule has 1 aliphatic heterocycles. The third-order valence-electron chi connectivity index (χ3n) is 6.23. The Labute approximate surface area is 217 Å². The minimum absolute atomic E-state index is 0.158. The SMILES string of the molecule is Cc1ncc(NC(=O)c2cc(N)cc(C(C)(C)C)c2)cc1C(=O)Nc1ccc(NCC2CCCO2)nc1. The summed E-state index contributed by atoms with van der Waals surface area (Å²) in [7, 11) is 0. The van der Waals surface area contributed by atoms with E-state index >= 15 is 0 Å². The van der Waals surface area contributed by atoms with E-state index in [0.29, 0.717) is 46.2 Å². The molecule has 1 unspecified atom stereocenters. The van der Waals surface area contributed by atoms with Crippen LogP contribution in [-0.2, 0) is 10.2 Å². The molecular weight excluding hydrogens is 468 g/mol. The summed E-state index contributed by atoms with van der Waals surface area (Å²) in [5, 5.41) is 8.93. The van der Waals surface area contributed by atoms with E-state index in [1.807, 2.05) is 18.2 Å². The Bertz CT molecular complexity index is 1280. The van der Waals surface area contributed by atoms with Crippen LogP contribution in [0.3, 0.4) is 0 Å². The summed E-state index contributed by atoms with van der Waals surface area (Å²) < 4.78 is 5.61. The average Bonchev–Trinajstić information content (AvgIpc) is 3.37. The number of amides is 2. The van der Waals surface area contributed by atoms with Gasteiger partial charge in [0.2, 0.25) is 0 Å². The Kier molecular flexibility index (Phi) is 7.73. The number of carbonyl (C=O) groups excluding carboxylic acids is 2. The van der Waals surface area contributed by atoms with Crippen LogP contribution < -0.4 is 21.7 Å². The maximum atomic E-state index is 13.0. The number of rotatable bonds is 7. The van der Waals surface area contributed by atoms with Gasteiger partial charge in [0.1, 0.15) is 5.82 Å². The Morgan fingerprint density at radius 2 is 1.78 bits per heavy atom. The Hall–Kier alpha value is -3.98. The highest BCUT2D eigenvalue weighted by atomic mass is 16.5. The van der Waals surface area contributed by atoms with Gasteiger partial charge < -0.3 is 26.4 Å². The zero-order chi connectivity index (χ0) is 26.6. The molecule has 4 rings (SSSR count). The van der Waals surface area contributed by atoms with Crippen molar-refractivity contribution in [1.82, 2.24) is 9.97 Å². The number of carbonyl (C=O) groups is 2. The molecule has 0 spiro atoms. The minimum atomic E-state index is -0.345. The molecular formula is C28H34N6O3. The van der Waals surface area contributed by atoms with Gasteiger partial charge in [-0.25, -0.2) is 4.98 Å². The third kappa shape index (κ3) is 6.83. The molecule has 1 fully saturated rings. The van der Waals surface area contributed by atoms with E-state index in [1.165, 1.54) is 6.20 Å². The first-order valence-corrected chi connectivity index (χ1v) is 12.4. The van der Waals surface area contributed by atoms with E-state index in [-0.39, 0.29) is 23.3 Å². The van der Waals surface area contributed by atoms with Gasteiger partial charge in [0.15, 0.2) is 0 Å². The van der Waals surface area contributed by atoms with Crippen molar-refractivity contribution in [3.05, 3.63) is 71.2 Å². The van der Waals surface area contributed by atoms with Crippen molar-refractivity contribution in [1.29, 1.82) is 0 Å². The maximum Gasteiger partial charge on any atom is 0.257 e. The fourth-order valence-corrected chi connectivity index (χ4v) is 4.04. The summed E-state index contributed by atoms with van der Waals surface area (Å²) in [6, 6.07) is 10.5. The lowest BCUT2D eigenvalue weighted by Gasteiger charge is -2.20. The summed E-state index contributed by atoms with van der Waals surface area (Å²) >= 11 is 0. The van der Waals surface area contributed by atoms with Gasteiger partial charge in [-0.15, -0.1) is 0 Å². The quantitative estimate of drug-likeness (QED) is 0.343. The van der Waals surface area contributed by atoms with Crippen LogP contribution in [0.5, 0.6) is 0 Å². The fraction of sp³-hybridized carbons (Fsp3) is 0.357. The molecule has 3 aromatic rings. The Balaban J connectivity index is 1.42. The van der Waals surface area contributed by atoms with Crippen LogP contribution in [0.25, 0.3) is 0 Å². The van der Waals surface area contributed by atoms with Gasteiger partial charge in [-0.1, -0.05) is 20.8 Å². The highest BCUT2D eigenvalue weighted by Gasteiger charge is 2.19. The number of aryl methyl sites for hydroxylation is 1. The molecule has 9 heteroatoms. The van der Waals surface area contributed by atoms with Gasteiger partial charge in [0.25, 0.3) is 11.8 Å². The van der Waals surface area contributed by atoms with Crippen molar-refractivity contribution in [3.8, 4) is 0 Å². The second kappa shape index (κ2) is 11.0. The molecule has 1 aromatic carbocycles. The first-order chi connectivity index (χ1) is 17.6. The van der Waals surface area contributed by atoms with Gasteiger partial charge in [0.05, 0.1) is 41.1 Å². The summed E-state index contributed by atoms with van der Waals surface area (Å²) in [5.41, 5.74) is 9.65. The highest BCUT2D eigenvalue weighted by Crippen LogP contribution is 2.26. The molecule has 1 saturated heterocycles. The number of aromatic nitrogens is 2. The van der Waals surface area contributed by atoms with Crippen LogP contribution in [0.4, 0.5) is 22.9 Å². The standard InChI is InChI=1S/C28H34N6O3/c1-17-24(27(36)33-21-7-8-25(31-14-21)32-16-23-6-5-9-37-23)13-22(15-30-17)34-26(35)18-10-19(28(2,3)4)12-20(29)11-18/h7-8,10-15,23H,5-6,9,16,29H2,1-4H3,(H,31,32)(H,33,36)(H,34,35). The number of nitrogens with zero attached hydrogens (tertiary/aromatic N) is 2. The number of nitrogens with two attached hydrogens (primary N) is 1. The van der Waals surface area contributed by atoms with Gasteiger partial charge in [0, 0.05) is 24.4 Å². The molecule has 3 heterocycles. The van der Waals surface area contributed by atoms with Crippen LogP contribution in [-0.4, -0.2) is 41.0 Å². The number of nitrogen functional groups attached to an aromatic ring is 1. The zero-order valence-electron chi connectivity index (χ0n) is 21.7. The topological polar surface area (TPSA) is 131 Å². The Morgan fingerprint density at radius 1 is 1.03 bits per heavy atom. The molecule has 9 nitrogen and oxygen atoms in total. The van der Waals surface area contributed by atoms with Crippen molar-refractivity contribution in [2.24, 2.45) is 0 Å². The number of benzene rings is 1. The van der Waals surface area contributed by atoms with Crippen molar-refractivity contribution < 1.29 is 14.3 Å². The van der Waals surface area contributed by atoms with Crippen molar-refractivity contribution >= 4 is 34.7 Å². The molecule has 5 N–H and O–H groups in total. The average molecular weight is 503 g/mol. The van der Waals surface area contributed by atoms with Gasteiger partial charge in [-0.05, 0) is 67.1 Å². The van der Waals surface area contributed by atoms with Crippen molar-refractivity contribution in [2.45, 2.75) is 52.1 Å². The fourth-order valence-electron chi connectivity index (χ4n) is 4.04. The lowest BCUT2D eigenvalue weighted by Crippen LogP contribution is -2.19. The smallest absolute Gasteiger partial charge is 0.257 e. The first kappa shape index (κ1) is 26.1. The van der Waals surface area contributed by atoms with Gasteiger partial charge in [-0.3, -0.25) is 14.6 Å². The molecule has 2 amide bonds. The second-order valence-electron chi connectivity index (χ2n) is 10.3. The molecule has 0 aliphatic carbocycles. The first-order valence-electron chi connectivity index (χ1n) is 12.4. The maximum absolute atomic E-state index is 13.0. The minimum Gasteiger partial charge on any atom is -0.399 e. The lowest BCUT2D eigenvalue weighted by atomic mass is 9.86. The van der Waals surface area contributed by atoms with Crippen LogP contribution in [0.2, 0.25) is 0 Å². The van der Waals surface area contributed by atoms with Gasteiger partial charge in [-0.2, -0.15) is 0 Å². The van der Waals surface area contributed by atoms with Crippen LogP contribution in [0, 0.1) is 6.92 Å². The molecule has 0 radical (unpaired) electrons. The number of pyridine rings is 2. The van der Waals surface area contributed by atoms with Crippen LogP contribution in [0.15, 0.2) is 48.8 Å². The molecule has 1 atom stereocenters. The second-order valence-corrected chi connectivity index (χ2v) is 10.3. The number of anilines is 4. The third-order valence-corrected chi connectivity index (χ3v) is 6.23. The largest absolute Gasteiger partial charge is 0.399 e. The van der Waals surface area contributed by atoms with E-state index in [4.69, 9.17) is 10.5 Å². The summed E-state index contributed by atoms with van der Waals surface area (Å²) in [5.74, 6) is 0.0410. The normalized spacial score (nSPS) is 15.3. The van der Waals surface area contributed by atoms with E-state index in [0.717, 1.165) is 25.0 Å². The summed E-state index contributed by atoms with van der Waals surface area (Å²) in [4.78, 5) is 34.6. The van der Waals surface area contributed by atoms with Crippen molar-refractivity contribution in [2.75, 3.05) is 34.8 Å². The van der Waals surface area contributed by atoms with E-state index < -0.39 is 0 Å². The van der Waals surface area contributed by atoms with E-state index in [9.17, 15) is 9.59 Å². The Morgan fingerprint density at radius 3 is 2.46 bits per heavy atom. The van der Waals surface area contributed by atoms with E-state index in [1.54, 1.807) is 31.3 Å². The predicted molar refractivity (Wildman–Crippen MR) is 146 cm³/mol. The van der Waals surface area contributed by atoms with E-state index in [2.05, 4.69) is 46.7 Å². The molecule has 0 saturated carbocycles. The molecule has 1 aliphatic rings.